The zero-order chi connectivity index (χ0) is 16.8. The van der Waals surface area contributed by atoms with Crippen LogP contribution < -0.4 is 0 Å². The second-order valence-corrected chi connectivity index (χ2v) is 7.94. The van der Waals surface area contributed by atoms with Crippen LogP contribution in [0.4, 0.5) is 0 Å². The molecule has 0 radical (unpaired) electrons. The van der Waals surface area contributed by atoms with Gasteiger partial charge >= 0.3 is 0 Å². The highest BCUT2D eigenvalue weighted by Crippen LogP contribution is 2.41. The van der Waals surface area contributed by atoms with Crippen molar-refractivity contribution in [2.24, 2.45) is 0 Å². The van der Waals surface area contributed by atoms with Gasteiger partial charge in [0.05, 0.1) is 11.2 Å². The number of sulfone groups is 1. The van der Waals surface area contributed by atoms with Crippen molar-refractivity contribution in [3.05, 3.63) is 54.0 Å². The van der Waals surface area contributed by atoms with Gasteiger partial charge in [-0.1, -0.05) is 0 Å². The van der Waals surface area contributed by atoms with Gasteiger partial charge in [0.15, 0.2) is 15.4 Å². The van der Waals surface area contributed by atoms with E-state index in [0.717, 1.165) is 6.26 Å². The van der Waals surface area contributed by atoms with Crippen LogP contribution in [0.1, 0.15) is 25.2 Å². The molecule has 0 aliphatic carbocycles. The zero-order valence-electron chi connectivity index (χ0n) is 13.0. The van der Waals surface area contributed by atoms with Crippen LogP contribution in [0.2, 0.25) is 0 Å². The molecule has 120 valence electrons. The summed E-state index contributed by atoms with van der Waals surface area (Å²) in [4.78, 5) is 12.8. The van der Waals surface area contributed by atoms with Gasteiger partial charge in [0.2, 0.25) is 5.78 Å². The van der Waals surface area contributed by atoms with E-state index in [1.165, 1.54) is 18.4 Å². The summed E-state index contributed by atoms with van der Waals surface area (Å²) >= 11 is 0. The fourth-order valence-electron chi connectivity index (χ4n) is 2.46. The normalized spacial score (nSPS) is 17.4. The van der Waals surface area contributed by atoms with Gasteiger partial charge in [-0.05, 0) is 50.2 Å². The van der Waals surface area contributed by atoms with Gasteiger partial charge < -0.3 is 9.15 Å². The van der Waals surface area contributed by atoms with Gasteiger partial charge in [-0.25, -0.2) is 8.42 Å². The summed E-state index contributed by atoms with van der Waals surface area (Å²) in [7, 11) is -3.28. The molecule has 0 unspecified atom stereocenters. The van der Waals surface area contributed by atoms with Crippen LogP contribution in [0, 0.1) is 0 Å². The molecule has 1 aliphatic rings. The number of furan rings is 1. The molecule has 1 aliphatic heterocycles. The predicted octanol–water partition coefficient (Wildman–Crippen LogP) is 2.93. The van der Waals surface area contributed by atoms with E-state index in [1.54, 1.807) is 38.1 Å². The second kappa shape index (κ2) is 5.09. The minimum Gasteiger partial charge on any atom is -0.478 e. The summed E-state index contributed by atoms with van der Waals surface area (Å²) in [5.41, 5.74) is 0.00212. The third-order valence-electron chi connectivity index (χ3n) is 3.67. The molecule has 5 nitrogen and oxygen atoms in total. The second-order valence-electron chi connectivity index (χ2n) is 5.92. The van der Waals surface area contributed by atoms with Crippen molar-refractivity contribution in [2.45, 2.75) is 24.3 Å². The van der Waals surface area contributed by atoms with Crippen LogP contribution in [-0.4, -0.2) is 26.1 Å². The van der Waals surface area contributed by atoms with Gasteiger partial charge in [0.25, 0.3) is 0 Å². The van der Waals surface area contributed by atoms with Crippen molar-refractivity contribution in [1.29, 1.82) is 0 Å². The Hall–Kier alpha value is -2.34. The fourth-order valence-corrected chi connectivity index (χ4v) is 3.09. The maximum absolute atomic E-state index is 12.6. The van der Waals surface area contributed by atoms with Crippen LogP contribution in [0.15, 0.2) is 52.0 Å². The van der Waals surface area contributed by atoms with E-state index in [0.29, 0.717) is 22.7 Å². The monoisotopic (exact) mass is 332 g/mol. The Labute approximate surface area is 134 Å². The van der Waals surface area contributed by atoms with Gasteiger partial charge in [-0.3, -0.25) is 4.79 Å². The molecule has 0 fully saturated rings. The largest absolute Gasteiger partial charge is 0.478 e. The summed E-state index contributed by atoms with van der Waals surface area (Å²) in [5, 5.41) is 0. The first-order valence-corrected chi connectivity index (χ1v) is 8.92. The summed E-state index contributed by atoms with van der Waals surface area (Å²) in [6.07, 6.45) is 2.64. The number of rotatable bonds is 3. The first-order chi connectivity index (χ1) is 10.7. The fraction of sp³-hybridized carbons (Fsp3) is 0.235. The molecule has 0 saturated heterocycles. The molecule has 2 heterocycles. The first-order valence-electron chi connectivity index (χ1n) is 7.02. The molecule has 0 spiro atoms. The molecule has 23 heavy (non-hydrogen) atoms. The lowest BCUT2D eigenvalue weighted by Crippen LogP contribution is -2.29. The zero-order valence-corrected chi connectivity index (χ0v) is 13.8. The van der Waals surface area contributed by atoms with E-state index in [9.17, 15) is 13.2 Å². The molecular formula is C17H16O5S. The minimum atomic E-state index is -3.28. The van der Waals surface area contributed by atoms with Crippen LogP contribution in [0.25, 0.3) is 11.3 Å². The molecule has 1 aromatic heterocycles. The first kappa shape index (κ1) is 15.6. The van der Waals surface area contributed by atoms with E-state index in [-0.39, 0.29) is 10.7 Å². The Morgan fingerprint density at radius 1 is 1.04 bits per heavy atom. The van der Waals surface area contributed by atoms with Crippen molar-refractivity contribution < 1.29 is 22.4 Å². The quantitative estimate of drug-likeness (QED) is 0.864. The average molecular weight is 332 g/mol. The Morgan fingerprint density at radius 3 is 2.22 bits per heavy atom. The van der Waals surface area contributed by atoms with Crippen molar-refractivity contribution in [2.75, 3.05) is 6.26 Å². The highest BCUT2D eigenvalue weighted by atomic mass is 32.2. The number of carbonyl (C=O) groups excluding carboxylic acids is 1. The third-order valence-corrected chi connectivity index (χ3v) is 4.80. The molecule has 0 amide bonds. The van der Waals surface area contributed by atoms with Crippen molar-refractivity contribution in [3.8, 4) is 0 Å². The summed E-state index contributed by atoms with van der Waals surface area (Å²) < 4.78 is 34.3. The third kappa shape index (κ3) is 2.70. The number of benzene rings is 1. The minimum absolute atomic E-state index is 0.172. The summed E-state index contributed by atoms with van der Waals surface area (Å²) in [6.45, 7) is 3.38. The topological polar surface area (TPSA) is 73.6 Å². The Bertz CT molecular complexity index is 885. The van der Waals surface area contributed by atoms with E-state index in [4.69, 9.17) is 9.15 Å². The molecule has 0 saturated carbocycles. The van der Waals surface area contributed by atoms with Crippen molar-refractivity contribution >= 4 is 27.0 Å². The number of hydrogen-bond acceptors (Lipinski definition) is 5. The average Bonchev–Trinajstić information content (AvgIpc) is 3.06. The van der Waals surface area contributed by atoms with Gasteiger partial charge in [0.1, 0.15) is 17.1 Å². The maximum Gasteiger partial charge on any atom is 0.213 e. The lowest BCUT2D eigenvalue weighted by Gasteiger charge is -2.17. The van der Waals surface area contributed by atoms with Crippen LogP contribution in [0.5, 0.6) is 0 Å². The smallest absolute Gasteiger partial charge is 0.213 e. The molecule has 0 bridgehead atoms. The number of carbonyl (C=O) groups is 1. The van der Waals surface area contributed by atoms with E-state index >= 15 is 0 Å². The van der Waals surface area contributed by atoms with Crippen LogP contribution in [-0.2, 0) is 19.4 Å². The summed E-state index contributed by atoms with van der Waals surface area (Å²) in [6, 6.07) is 9.65. The van der Waals surface area contributed by atoms with E-state index in [2.05, 4.69) is 0 Å². The van der Waals surface area contributed by atoms with Crippen LogP contribution >= 0.6 is 0 Å². The predicted molar refractivity (Wildman–Crippen MR) is 85.2 cm³/mol. The van der Waals surface area contributed by atoms with Gasteiger partial charge in [-0.2, -0.15) is 0 Å². The summed E-state index contributed by atoms with van der Waals surface area (Å²) in [5.74, 6) is 0.660. The molecule has 3 rings (SSSR count). The Morgan fingerprint density at radius 2 is 1.70 bits per heavy atom. The Balaban J connectivity index is 2.13. The van der Waals surface area contributed by atoms with E-state index < -0.39 is 15.4 Å². The molecule has 1 aromatic carbocycles. The molecule has 0 N–H and O–H groups in total. The molecular weight excluding hydrogens is 316 g/mol. The van der Waals surface area contributed by atoms with Crippen molar-refractivity contribution in [3.63, 3.8) is 0 Å². The highest BCUT2D eigenvalue weighted by molar-refractivity contribution is 7.90. The van der Waals surface area contributed by atoms with Gasteiger partial charge in [0, 0.05) is 11.8 Å². The molecule has 2 aromatic rings. The molecule has 0 atom stereocenters. The standard InChI is InChI=1S/C17H16O5S/c1-17(2)16(18)14(13-5-4-10-21-13)15(22-17)11-6-8-12(9-7-11)23(3,19)20/h4-10H,1-3H3. The maximum atomic E-state index is 12.6. The highest BCUT2D eigenvalue weighted by Gasteiger charge is 2.43. The Kier molecular flexibility index (Phi) is 3.44. The number of hydrogen-bond donors (Lipinski definition) is 0. The van der Waals surface area contributed by atoms with Gasteiger partial charge in [-0.15, -0.1) is 0 Å². The van der Waals surface area contributed by atoms with Crippen LogP contribution in [0.3, 0.4) is 0 Å². The lowest BCUT2D eigenvalue weighted by atomic mass is 9.96. The number of Topliss-reactive ketones (excluding diaryl/α,β-unsaturated/α-hetero) is 1. The number of ether oxygens (including phenoxy) is 1. The lowest BCUT2D eigenvalue weighted by molar-refractivity contribution is -0.125. The van der Waals surface area contributed by atoms with E-state index in [1.807, 2.05) is 0 Å². The SMILES string of the molecule is CC1(C)OC(c2ccc(S(C)(=O)=O)cc2)=C(c2ccco2)C1=O. The molecule has 6 heteroatoms. The van der Waals surface area contributed by atoms with Crippen molar-refractivity contribution in [1.82, 2.24) is 0 Å². The number of ketones is 1.